The summed E-state index contributed by atoms with van der Waals surface area (Å²) in [5.41, 5.74) is 3.59. The first-order valence-corrected chi connectivity index (χ1v) is 9.15. The van der Waals surface area contributed by atoms with Gasteiger partial charge in [0.2, 0.25) is 11.6 Å². The van der Waals surface area contributed by atoms with Gasteiger partial charge in [0.15, 0.2) is 0 Å². The van der Waals surface area contributed by atoms with Gasteiger partial charge in [0.25, 0.3) is 0 Å². The van der Waals surface area contributed by atoms with Crippen molar-refractivity contribution in [2.24, 2.45) is 28.3 Å². The SMILES string of the molecule is N#CC(C#N)=NNc1cccc(NC(=O)C23CC4CC(CC(C4)C2)C3)c1. The summed E-state index contributed by atoms with van der Waals surface area (Å²) in [6, 6.07) is 10.6. The van der Waals surface area contributed by atoms with Crippen LogP contribution >= 0.6 is 0 Å². The summed E-state index contributed by atoms with van der Waals surface area (Å²) in [6.07, 6.45) is 7.01. The standard InChI is InChI=1S/C20H21N5O/c21-11-18(12-22)25-24-17-3-1-2-16(7-17)23-19(26)20-8-13-4-14(9-20)6-15(5-13)10-20/h1-3,7,13-15,24H,4-6,8-10H2,(H,23,26). The van der Waals surface area contributed by atoms with E-state index in [1.54, 1.807) is 24.3 Å². The lowest BCUT2D eigenvalue weighted by Gasteiger charge is -2.55. The van der Waals surface area contributed by atoms with E-state index in [4.69, 9.17) is 10.5 Å². The number of nitriles is 2. The van der Waals surface area contributed by atoms with Gasteiger partial charge in [-0.25, -0.2) is 0 Å². The van der Waals surface area contributed by atoms with Crippen LogP contribution in [0.1, 0.15) is 38.5 Å². The topological polar surface area (TPSA) is 101 Å². The normalized spacial score (nSPS) is 30.8. The highest BCUT2D eigenvalue weighted by molar-refractivity contribution is 6.10. The molecule has 5 rings (SSSR count). The Morgan fingerprint density at radius 1 is 1.04 bits per heavy atom. The molecule has 4 aliphatic carbocycles. The molecule has 1 amide bonds. The maximum absolute atomic E-state index is 13.1. The van der Waals surface area contributed by atoms with Gasteiger partial charge in [-0.3, -0.25) is 10.2 Å². The molecule has 0 spiro atoms. The quantitative estimate of drug-likeness (QED) is 0.641. The zero-order valence-corrected chi connectivity index (χ0v) is 14.5. The van der Waals surface area contributed by atoms with Crippen LogP contribution in [-0.4, -0.2) is 11.6 Å². The van der Waals surface area contributed by atoms with Crippen molar-refractivity contribution in [2.75, 3.05) is 10.7 Å². The number of amides is 1. The molecule has 26 heavy (non-hydrogen) atoms. The summed E-state index contributed by atoms with van der Waals surface area (Å²) in [5.74, 6) is 2.33. The summed E-state index contributed by atoms with van der Waals surface area (Å²) >= 11 is 0. The molecule has 4 bridgehead atoms. The predicted octanol–water partition coefficient (Wildman–Crippen LogP) is 3.66. The number of carbonyl (C=O) groups excluding carboxylic acids is 1. The lowest BCUT2D eigenvalue weighted by molar-refractivity contribution is -0.140. The van der Waals surface area contributed by atoms with Crippen molar-refractivity contribution in [2.45, 2.75) is 38.5 Å². The number of hydrogen-bond acceptors (Lipinski definition) is 5. The third-order valence-corrected chi connectivity index (χ3v) is 6.15. The lowest BCUT2D eigenvalue weighted by atomic mass is 9.49. The van der Waals surface area contributed by atoms with Crippen molar-refractivity contribution >= 4 is 23.0 Å². The Balaban J connectivity index is 1.47. The van der Waals surface area contributed by atoms with E-state index >= 15 is 0 Å². The molecule has 132 valence electrons. The fourth-order valence-corrected chi connectivity index (χ4v) is 5.51. The third-order valence-electron chi connectivity index (χ3n) is 6.15. The molecule has 6 nitrogen and oxygen atoms in total. The first kappa shape index (κ1) is 16.6. The van der Waals surface area contributed by atoms with E-state index in [1.165, 1.54) is 19.3 Å². The van der Waals surface area contributed by atoms with E-state index in [0.29, 0.717) is 11.4 Å². The van der Waals surface area contributed by atoms with Gasteiger partial charge in [0.05, 0.1) is 11.1 Å². The molecule has 1 aromatic carbocycles. The predicted molar refractivity (Wildman–Crippen MR) is 98.0 cm³/mol. The summed E-state index contributed by atoms with van der Waals surface area (Å²) in [6.45, 7) is 0. The van der Waals surface area contributed by atoms with Crippen LogP contribution in [-0.2, 0) is 4.79 Å². The van der Waals surface area contributed by atoms with Crippen LogP contribution in [0.4, 0.5) is 11.4 Å². The van der Waals surface area contributed by atoms with Crippen molar-refractivity contribution in [1.82, 2.24) is 0 Å². The van der Waals surface area contributed by atoms with E-state index < -0.39 is 0 Å². The number of anilines is 2. The summed E-state index contributed by atoms with van der Waals surface area (Å²) in [5, 5.41) is 24.3. The average molecular weight is 347 g/mol. The van der Waals surface area contributed by atoms with Crippen LogP contribution in [0, 0.1) is 45.8 Å². The molecule has 1 aromatic rings. The second-order valence-electron chi connectivity index (χ2n) is 8.03. The lowest BCUT2D eigenvalue weighted by Crippen LogP contribution is -2.51. The van der Waals surface area contributed by atoms with Crippen LogP contribution < -0.4 is 10.7 Å². The number of hydrazone groups is 1. The molecule has 4 aliphatic rings. The number of benzene rings is 1. The second kappa shape index (κ2) is 6.46. The molecular formula is C20H21N5O. The summed E-state index contributed by atoms with van der Waals surface area (Å²) in [7, 11) is 0. The Hall–Kier alpha value is -2.86. The molecule has 0 saturated heterocycles. The molecule has 4 fully saturated rings. The largest absolute Gasteiger partial charge is 0.326 e. The highest BCUT2D eigenvalue weighted by Gasteiger charge is 2.54. The van der Waals surface area contributed by atoms with E-state index in [2.05, 4.69) is 15.8 Å². The maximum Gasteiger partial charge on any atom is 0.237 e. The van der Waals surface area contributed by atoms with Crippen LogP contribution in [0.2, 0.25) is 0 Å². The summed E-state index contributed by atoms with van der Waals surface area (Å²) in [4.78, 5) is 13.1. The molecule has 0 atom stereocenters. The smallest absolute Gasteiger partial charge is 0.237 e. The Morgan fingerprint density at radius 3 is 2.19 bits per heavy atom. The van der Waals surface area contributed by atoms with Crippen molar-refractivity contribution in [3.8, 4) is 12.1 Å². The van der Waals surface area contributed by atoms with E-state index in [0.717, 1.165) is 37.0 Å². The highest BCUT2D eigenvalue weighted by atomic mass is 16.2. The fraction of sp³-hybridized carbons (Fsp3) is 0.500. The molecule has 2 N–H and O–H groups in total. The highest BCUT2D eigenvalue weighted by Crippen LogP contribution is 2.60. The average Bonchev–Trinajstić information content (AvgIpc) is 2.62. The van der Waals surface area contributed by atoms with Gasteiger partial charge in [-0.1, -0.05) is 6.07 Å². The molecule has 0 radical (unpaired) electrons. The molecular weight excluding hydrogens is 326 g/mol. The Labute approximate surface area is 152 Å². The van der Waals surface area contributed by atoms with Crippen LogP contribution in [0.3, 0.4) is 0 Å². The number of rotatable bonds is 4. The van der Waals surface area contributed by atoms with Gasteiger partial charge < -0.3 is 5.32 Å². The molecule has 0 aliphatic heterocycles. The van der Waals surface area contributed by atoms with Gasteiger partial charge in [-0.15, -0.1) is 0 Å². The van der Waals surface area contributed by atoms with Crippen molar-refractivity contribution in [3.05, 3.63) is 24.3 Å². The van der Waals surface area contributed by atoms with Gasteiger partial charge in [0, 0.05) is 5.69 Å². The van der Waals surface area contributed by atoms with Crippen LogP contribution in [0.5, 0.6) is 0 Å². The number of carbonyl (C=O) groups is 1. The minimum absolute atomic E-state index is 0.145. The minimum atomic E-state index is -0.243. The Kier molecular flexibility index (Phi) is 4.12. The fourth-order valence-electron chi connectivity index (χ4n) is 5.51. The molecule has 0 aromatic heterocycles. The van der Waals surface area contributed by atoms with E-state index in [9.17, 15) is 4.79 Å². The van der Waals surface area contributed by atoms with E-state index in [1.807, 2.05) is 12.1 Å². The van der Waals surface area contributed by atoms with Gasteiger partial charge in [0.1, 0.15) is 12.1 Å². The van der Waals surface area contributed by atoms with Gasteiger partial charge in [-0.2, -0.15) is 15.6 Å². The second-order valence-corrected chi connectivity index (χ2v) is 8.03. The van der Waals surface area contributed by atoms with Crippen molar-refractivity contribution in [1.29, 1.82) is 10.5 Å². The summed E-state index contributed by atoms with van der Waals surface area (Å²) < 4.78 is 0. The molecule has 0 unspecified atom stereocenters. The molecule has 0 heterocycles. The minimum Gasteiger partial charge on any atom is -0.326 e. The molecule has 6 heteroatoms. The van der Waals surface area contributed by atoms with Gasteiger partial charge in [-0.05, 0) is 74.5 Å². The zero-order chi connectivity index (χ0) is 18.1. The zero-order valence-electron chi connectivity index (χ0n) is 14.5. The number of nitrogens with zero attached hydrogens (tertiary/aromatic N) is 3. The Morgan fingerprint density at radius 2 is 1.62 bits per heavy atom. The van der Waals surface area contributed by atoms with Crippen molar-refractivity contribution < 1.29 is 4.79 Å². The maximum atomic E-state index is 13.1. The van der Waals surface area contributed by atoms with Crippen molar-refractivity contribution in [3.63, 3.8) is 0 Å². The first-order chi connectivity index (χ1) is 12.6. The first-order valence-electron chi connectivity index (χ1n) is 9.15. The number of nitrogens with one attached hydrogen (secondary N) is 2. The third kappa shape index (κ3) is 3.04. The van der Waals surface area contributed by atoms with Gasteiger partial charge >= 0.3 is 0 Å². The van der Waals surface area contributed by atoms with E-state index in [-0.39, 0.29) is 17.0 Å². The molecule has 4 saturated carbocycles. The Bertz CT molecular complexity index is 793. The monoisotopic (exact) mass is 347 g/mol. The van der Waals surface area contributed by atoms with Crippen LogP contribution in [0.15, 0.2) is 29.4 Å². The number of hydrogen-bond donors (Lipinski definition) is 2. The van der Waals surface area contributed by atoms with Crippen LogP contribution in [0.25, 0.3) is 0 Å².